The molecule has 0 heterocycles. The van der Waals surface area contributed by atoms with Gasteiger partial charge < -0.3 is 5.11 Å². The predicted molar refractivity (Wildman–Crippen MR) is 95.7 cm³/mol. The van der Waals surface area contributed by atoms with Crippen LogP contribution in [0.4, 0.5) is 0 Å². The van der Waals surface area contributed by atoms with E-state index >= 15 is 0 Å². The van der Waals surface area contributed by atoms with E-state index in [9.17, 15) is 0 Å². The summed E-state index contributed by atoms with van der Waals surface area (Å²) in [6, 6.07) is 0. The fraction of sp³-hybridized carbons (Fsp3) is 0.900. The summed E-state index contributed by atoms with van der Waals surface area (Å²) >= 11 is 0. The SMILES string of the molecule is CCCCCCCCCCCCC/C=C/CC(CC)CO. The smallest absolute Gasteiger partial charge is 0.0462 e. The Hall–Kier alpha value is -0.300. The van der Waals surface area contributed by atoms with Gasteiger partial charge in [0.15, 0.2) is 0 Å². The van der Waals surface area contributed by atoms with Gasteiger partial charge in [-0.3, -0.25) is 0 Å². The summed E-state index contributed by atoms with van der Waals surface area (Å²) in [5, 5.41) is 9.10. The summed E-state index contributed by atoms with van der Waals surface area (Å²) in [4.78, 5) is 0. The number of aliphatic hydroxyl groups is 1. The van der Waals surface area contributed by atoms with Crippen molar-refractivity contribution in [3.63, 3.8) is 0 Å². The van der Waals surface area contributed by atoms with Crippen molar-refractivity contribution in [3.8, 4) is 0 Å². The van der Waals surface area contributed by atoms with Gasteiger partial charge in [-0.15, -0.1) is 0 Å². The van der Waals surface area contributed by atoms with Crippen LogP contribution in [0.25, 0.3) is 0 Å². The lowest BCUT2D eigenvalue weighted by Gasteiger charge is -2.06. The molecule has 1 N–H and O–H groups in total. The molecule has 0 saturated heterocycles. The van der Waals surface area contributed by atoms with Crippen LogP contribution in [0.15, 0.2) is 12.2 Å². The molecule has 0 bridgehead atoms. The zero-order valence-electron chi connectivity index (χ0n) is 14.8. The van der Waals surface area contributed by atoms with Crippen molar-refractivity contribution in [2.75, 3.05) is 6.61 Å². The van der Waals surface area contributed by atoms with E-state index < -0.39 is 0 Å². The van der Waals surface area contributed by atoms with Gasteiger partial charge in [0.25, 0.3) is 0 Å². The van der Waals surface area contributed by atoms with E-state index in [1.165, 1.54) is 77.0 Å². The minimum absolute atomic E-state index is 0.333. The second kappa shape index (κ2) is 17.8. The highest BCUT2D eigenvalue weighted by molar-refractivity contribution is 4.83. The monoisotopic (exact) mass is 296 g/mol. The van der Waals surface area contributed by atoms with E-state index in [2.05, 4.69) is 26.0 Å². The molecule has 21 heavy (non-hydrogen) atoms. The average molecular weight is 297 g/mol. The number of rotatable bonds is 16. The van der Waals surface area contributed by atoms with Gasteiger partial charge in [-0.1, -0.05) is 96.6 Å². The molecule has 0 aliphatic heterocycles. The molecule has 0 rings (SSSR count). The first-order valence-corrected chi connectivity index (χ1v) is 9.61. The maximum absolute atomic E-state index is 9.10. The second-order valence-corrected chi connectivity index (χ2v) is 6.49. The molecular weight excluding hydrogens is 256 g/mol. The minimum Gasteiger partial charge on any atom is -0.396 e. The maximum Gasteiger partial charge on any atom is 0.0462 e. The lowest BCUT2D eigenvalue weighted by molar-refractivity contribution is 0.224. The highest BCUT2D eigenvalue weighted by atomic mass is 16.3. The summed E-state index contributed by atoms with van der Waals surface area (Å²) in [5.41, 5.74) is 0. The van der Waals surface area contributed by atoms with Crippen molar-refractivity contribution in [3.05, 3.63) is 12.2 Å². The summed E-state index contributed by atoms with van der Waals surface area (Å²) in [7, 11) is 0. The molecule has 0 aromatic heterocycles. The third-order valence-corrected chi connectivity index (χ3v) is 4.45. The number of hydrogen-bond acceptors (Lipinski definition) is 1. The van der Waals surface area contributed by atoms with Crippen LogP contribution in [0.1, 0.15) is 104 Å². The van der Waals surface area contributed by atoms with Crippen LogP contribution in [-0.2, 0) is 0 Å². The summed E-state index contributed by atoms with van der Waals surface area (Å²) in [5.74, 6) is 0.471. The molecule has 0 spiro atoms. The molecule has 0 amide bonds. The standard InChI is InChI=1S/C20H40O/c1-3-5-6-7-8-9-10-11-12-13-14-15-16-17-18-20(4-2)19-21/h16-17,20-21H,3-15,18-19H2,1-2H3/b17-16+. The number of allylic oxidation sites excluding steroid dienone is 2. The molecule has 0 aromatic carbocycles. The molecule has 0 aliphatic rings. The molecule has 0 saturated carbocycles. The van der Waals surface area contributed by atoms with E-state index in [1.54, 1.807) is 0 Å². The fourth-order valence-corrected chi connectivity index (χ4v) is 2.70. The van der Waals surface area contributed by atoms with E-state index in [4.69, 9.17) is 5.11 Å². The first kappa shape index (κ1) is 20.7. The van der Waals surface area contributed by atoms with Crippen molar-refractivity contribution in [2.45, 2.75) is 104 Å². The van der Waals surface area contributed by atoms with Crippen LogP contribution < -0.4 is 0 Å². The molecular formula is C20H40O. The Bertz CT molecular complexity index is 206. The van der Waals surface area contributed by atoms with Crippen LogP contribution in [0.5, 0.6) is 0 Å². The highest BCUT2D eigenvalue weighted by Gasteiger charge is 2.00. The predicted octanol–water partition coefficient (Wildman–Crippen LogP) is 6.65. The summed E-state index contributed by atoms with van der Waals surface area (Å²) in [6.07, 6.45) is 23.5. The molecule has 1 atom stereocenters. The molecule has 0 aromatic rings. The first-order valence-electron chi connectivity index (χ1n) is 9.61. The largest absolute Gasteiger partial charge is 0.396 e. The summed E-state index contributed by atoms with van der Waals surface area (Å²) < 4.78 is 0. The zero-order valence-corrected chi connectivity index (χ0v) is 14.8. The normalized spacial score (nSPS) is 13.1. The van der Waals surface area contributed by atoms with Crippen molar-refractivity contribution in [2.24, 2.45) is 5.92 Å². The van der Waals surface area contributed by atoms with Crippen LogP contribution in [0.3, 0.4) is 0 Å². The molecule has 1 heteroatoms. The van der Waals surface area contributed by atoms with Crippen molar-refractivity contribution in [1.29, 1.82) is 0 Å². The van der Waals surface area contributed by atoms with Gasteiger partial charge in [-0.25, -0.2) is 0 Å². The second-order valence-electron chi connectivity index (χ2n) is 6.49. The van der Waals surface area contributed by atoms with Crippen molar-refractivity contribution < 1.29 is 5.11 Å². The Morgan fingerprint density at radius 2 is 1.24 bits per heavy atom. The lowest BCUT2D eigenvalue weighted by atomic mass is 10.0. The number of unbranched alkanes of at least 4 members (excludes halogenated alkanes) is 11. The Labute approximate surface area is 134 Å². The molecule has 1 unspecified atom stereocenters. The van der Waals surface area contributed by atoms with Gasteiger partial charge in [0.05, 0.1) is 0 Å². The van der Waals surface area contributed by atoms with Gasteiger partial charge in [0.1, 0.15) is 0 Å². The topological polar surface area (TPSA) is 20.2 Å². The van der Waals surface area contributed by atoms with Crippen LogP contribution in [0.2, 0.25) is 0 Å². The Kier molecular flexibility index (Phi) is 17.5. The van der Waals surface area contributed by atoms with Crippen molar-refractivity contribution in [1.82, 2.24) is 0 Å². The average Bonchev–Trinajstić information content (AvgIpc) is 2.51. The first-order chi connectivity index (χ1) is 10.3. The Morgan fingerprint density at radius 1 is 0.714 bits per heavy atom. The third kappa shape index (κ3) is 15.9. The Morgan fingerprint density at radius 3 is 1.71 bits per heavy atom. The minimum atomic E-state index is 0.333. The quantitative estimate of drug-likeness (QED) is 0.249. The molecule has 0 aliphatic carbocycles. The van der Waals surface area contributed by atoms with Crippen LogP contribution in [0, 0.1) is 5.92 Å². The van der Waals surface area contributed by atoms with Gasteiger partial charge in [-0.2, -0.15) is 0 Å². The number of aliphatic hydroxyl groups excluding tert-OH is 1. The number of hydrogen-bond donors (Lipinski definition) is 1. The zero-order chi connectivity index (χ0) is 15.6. The van der Waals surface area contributed by atoms with Gasteiger partial charge >= 0.3 is 0 Å². The molecule has 0 fully saturated rings. The van der Waals surface area contributed by atoms with Gasteiger partial charge in [0, 0.05) is 6.61 Å². The highest BCUT2D eigenvalue weighted by Crippen LogP contribution is 2.12. The molecule has 1 nitrogen and oxygen atoms in total. The van der Waals surface area contributed by atoms with E-state index in [0.29, 0.717) is 12.5 Å². The lowest BCUT2D eigenvalue weighted by Crippen LogP contribution is -2.02. The van der Waals surface area contributed by atoms with E-state index in [0.717, 1.165) is 12.8 Å². The maximum atomic E-state index is 9.10. The van der Waals surface area contributed by atoms with Crippen molar-refractivity contribution >= 4 is 0 Å². The van der Waals surface area contributed by atoms with Gasteiger partial charge in [0.2, 0.25) is 0 Å². The summed E-state index contributed by atoms with van der Waals surface area (Å²) in [6.45, 7) is 4.77. The third-order valence-electron chi connectivity index (χ3n) is 4.45. The van der Waals surface area contributed by atoms with E-state index in [1.807, 2.05) is 0 Å². The Balaban J connectivity index is 3.13. The van der Waals surface area contributed by atoms with E-state index in [-0.39, 0.29) is 0 Å². The fourth-order valence-electron chi connectivity index (χ4n) is 2.70. The van der Waals surface area contributed by atoms with Crippen LogP contribution >= 0.6 is 0 Å². The van der Waals surface area contributed by atoms with Gasteiger partial charge in [-0.05, 0) is 25.2 Å². The van der Waals surface area contributed by atoms with Crippen LogP contribution in [-0.4, -0.2) is 11.7 Å². The molecule has 0 radical (unpaired) electrons. The molecule has 126 valence electrons.